The molecule has 2 aromatic carbocycles. The number of nitrogens with zero attached hydrogens (tertiary/aromatic N) is 1. The lowest BCUT2D eigenvalue weighted by atomic mass is 9.92. The van der Waals surface area contributed by atoms with Crippen LogP contribution in [-0.4, -0.2) is 18.0 Å². The lowest BCUT2D eigenvalue weighted by Gasteiger charge is -2.33. The van der Waals surface area contributed by atoms with Gasteiger partial charge < -0.3 is 4.74 Å². The molecule has 1 fully saturated rings. The summed E-state index contributed by atoms with van der Waals surface area (Å²) in [4.78, 5) is 2.57. The quantitative estimate of drug-likeness (QED) is 0.534. The van der Waals surface area contributed by atoms with Crippen LogP contribution in [0.25, 0.3) is 0 Å². The molecule has 0 spiro atoms. The lowest BCUT2D eigenvalue weighted by molar-refractivity contribution is 0.184. The van der Waals surface area contributed by atoms with Crippen molar-refractivity contribution in [3.63, 3.8) is 0 Å². The Hall–Kier alpha value is -2.06. The van der Waals surface area contributed by atoms with Crippen molar-refractivity contribution in [2.45, 2.75) is 52.7 Å². The third-order valence-electron chi connectivity index (χ3n) is 5.69. The van der Waals surface area contributed by atoms with Crippen LogP contribution in [0.4, 0.5) is 0 Å². The normalized spacial score (nSPS) is 18.9. The van der Waals surface area contributed by atoms with Crippen molar-refractivity contribution in [2.75, 3.05) is 13.1 Å². The fourth-order valence-corrected chi connectivity index (χ4v) is 3.93. The number of rotatable bonds is 7. The lowest BCUT2D eigenvalue weighted by Crippen LogP contribution is -2.35. The molecule has 2 aromatic rings. The number of likely N-dealkylation sites (tertiary alicyclic amines) is 1. The van der Waals surface area contributed by atoms with Crippen molar-refractivity contribution in [1.82, 2.24) is 4.90 Å². The first-order chi connectivity index (χ1) is 13.1. The first-order valence-electron chi connectivity index (χ1n) is 10.3. The summed E-state index contributed by atoms with van der Waals surface area (Å²) in [5, 5.41) is 0. The number of ether oxygens (including phenoxy) is 1. The molecule has 2 atom stereocenters. The monoisotopic (exact) mass is 363 g/mol. The van der Waals surface area contributed by atoms with E-state index < -0.39 is 0 Å². The van der Waals surface area contributed by atoms with E-state index in [4.69, 9.17) is 4.74 Å². The van der Waals surface area contributed by atoms with E-state index in [9.17, 15) is 0 Å². The zero-order valence-corrected chi connectivity index (χ0v) is 17.1. The van der Waals surface area contributed by atoms with Gasteiger partial charge in [0.05, 0.1) is 0 Å². The van der Waals surface area contributed by atoms with Gasteiger partial charge in [0.15, 0.2) is 0 Å². The third kappa shape index (κ3) is 5.23. The van der Waals surface area contributed by atoms with Crippen LogP contribution in [0.3, 0.4) is 0 Å². The van der Waals surface area contributed by atoms with Crippen LogP contribution in [-0.2, 0) is 6.54 Å². The van der Waals surface area contributed by atoms with Gasteiger partial charge in [-0.05, 0) is 68.3 Å². The average molecular weight is 364 g/mol. The smallest absolute Gasteiger partial charge is 0.123 e. The zero-order valence-electron chi connectivity index (χ0n) is 17.1. The fourth-order valence-electron chi connectivity index (χ4n) is 3.93. The molecule has 2 unspecified atom stereocenters. The molecule has 0 bridgehead atoms. The summed E-state index contributed by atoms with van der Waals surface area (Å²) in [6, 6.07) is 17.3. The van der Waals surface area contributed by atoms with Gasteiger partial charge in [-0.3, -0.25) is 4.90 Å². The molecule has 144 valence electrons. The molecule has 27 heavy (non-hydrogen) atoms. The zero-order chi connectivity index (χ0) is 19.2. The highest BCUT2D eigenvalue weighted by Gasteiger charge is 2.20. The summed E-state index contributed by atoms with van der Waals surface area (Å²) >= 11 is 0. The maximum Gasteiger partial charge on any atom is 0.123 e. The summed E-state index contributed by atoms with van der Waals surface area (Å²) in [5.41, 5.74) is 5.15. The highest BCUT2D eigenvalue weighted by Crippen LogP contribution is 2.28. The van der Waals surface area contributed by atoms with E-state index in [1.54, 1.807) is 0 Å². The van der Waals surface area contributed by atoms with Crippen molar-refractivity contribution >= 4 is 0 Å². The molecule has 0 N–H and O–H groups in total. The predicted octanol–water partition coefficient (Wildman–Crippen LogP) is 6.31. The molecule has 0 aliphatic carbocycles. The van der Waals surface area contributed by atoms with Gasteiger partial charge in [-0.1, -0.05) is 61.5 Å². The Kier molecular flexibility index (Phi) is 6.73. The third-order valence-corrected chi connectivity index (χ3v) is 5.69. The van der Waals surface area contributed by atoms with Gasteiger partial charge in [-0.2, -0.15) is 0 Å². The molecule has 0 amide bonds. The maximum atomic E-state index is 6.29. The first-order valence-corrected chi connectivity index (χ1v) is 10.3. The van der Waals surface area contributed by atoms with Crippen molar-refractivity contribution in [2.24, 2.45) is 5.92 Å². The van der Waals surface area contributed by atoms with E-state index in [0.29, 0.717) is 5.92 Å². The molecule has 1 aliphatic rings. The fraction of sp³-hybridized carbons (Fsp3) is 0.440. The number of para-hydroxylation sites is 1. The van der Waals surface area contributed by atoms with Crippen LogP contribution in [0.5, 0.6) is 5.75 Å². The number of piperidine rings is 1. The largest absolute Gasteiger partial charge is 0.485 e. The Morgan fingerprint density at radius 2 is 1.93 bits per heavy atom. The topological polar surface area (TPSA) is 12.5 Å². The highest BCUT2D eigenvalue weighted by molar-refractivity contribution is 5.33. The molecule has 0 radical (unpaired) electrons. The van der Waals surface area contributed by atoms with Crippen molar-refractivity contribution < 1.29 is 4.74 Å². The Bertz CT molecular complexity index is 749. The molecule has 2 nitrogen and oxygen atoms in total. The van der Waals surface area contributed by atoms with Crippen LogP contribution in [0.15, 0.2) is 60.7 Å². The molecular formula is C25H33NO. The second-order valence-corrected chi connectivity index (χ2v) is 7.94. The van der Waals surface area contributed by atoms with E-state index in [0.717, 1.165) is 25.3 Å². The molecule has 0 saturated carbocycles. The summed E-state index contributed by atoms with van der Waals surface area (Å²) < 4.78 is 6.29. The summed E-state index contributed by atoms with van der Waals surface area (Å²) in [6.07, 6.45) is 3.62. The second kappa shape index (κ2) is 9.23. The SMILES string of the molecule is C=C(C)C1CCCN(Cc2ccc(C(CC)Oc3ccccc3C)cc2)C1. The van der Waals surface area contributed by atoms with Crippen LogP contribution >= 0.6 is 0 Å². The maximum absolute atomic E-state index is 6.29. The van der Waals surface area contributed by atoms with Crippen molar-refractivity contribution in [3.05, 3.63) is 77.4 Å². The van der Waals surface area contributed by atoms with E-state index in [-0.39, 0.29) is 6.10 Å². The van der Waals surface area contributed by atoms with E-state index in [1.165, 1.54) is 41.6 Å². The minimum absolute atomic E-state index is 0.0999. The highest BCUT2D eigenvalue weighted by atomic mass is 16.5. The molecule has 1 aliphatic heterocycles. The van der Waals surface area contributed by atoms with Crippen LogP contribution in [0.1, 0.15) is 55.9 Å². The van der Waals surface area contributed by atoms with Crippen LogP contribution in [0, 0.1) is 12.8 Å². The van der Waals surface area contributed by atoms with Crippen LogP contribution < -0.4 is 4.74 Å². The summed E-state index contributed by atoms with van der Waals surface area (Å²) in [7, 11) is 0. The van der Waals surface area contributed by atoms with Gasteiger partial charge in [0.1, 0.15) is 11.9 Å². The molecule has 0 aromatic heterocycles. The Labute approximate surface area is 164 Å². The Morgan fingerprint density at radius 1 is 1.19 bits per heavy atom. The first kappa shape index (κ1) is 19.7. The number of hydrogen-bond acceptors (Lipinski definition) is 2. The number of aryl methyl sites for hydroxylation is 1. The van der Waals surface area contributed by atoms with Gasteiger partial charge in [0, 0.05) is 13.1 Å². The van der Waals surface area contributed by atoms with Crippen molar-refractivity contribution in [1.29, 1.82) is 0 Å². The average Bonchev–Trinajstić information content (AvgIpc) is 2.68. The predicted molar refractivity (Wildman–Crippen MR) is 114 cm³/mol. The number of benzene rings is 2. The van der Waals surface area contributed by atoms with Gasteiger partial charge in [-0.15, -0.1) is 0 Å². The minimum Gasteiger partial charge on any atom is -0.485 e. The Balaban J connectivity index is 1.63. The van der Waals surface area contributed by atoms with E-state index >= 15 is 0 Å². The molecule has 1 saturated heterocycles. The van der Waals surface area contributed by atoms with Crippen molar-refractivity contribution in [3.8, 4) is 5.75 Å². The van der Waals surface area contributed by atoms with E-state index in [2.05, 4.69) is 74.7 Å². The summed E-state index contributed by atoms with van der Waals surface area (Å²) in [6.45, 7) is 14.0. The standard InChI is InChI=1S/C25H33NO/c1-5-24(27-25-11-7-6-9-20(25)4)22-14-12-21(13-15-22)17-26-16-8-10-23(18-26)19(2)3/h6-7,9,11-15,23-24H,2,5,8,10,16-18H2,1,3-4H3. The minimum atomic E-state index is 0.0999. The Morgan fingerprint density at radius 3 is 2.59 bits per heavy atom. The molecule has 1 heterocycles. The number of hydrogen-bond donors (Lipinski definition) is 0. The van der Waals surface area contributed by atoms with Crippen LogP contribution in [0.2, 0.25) is 0 Å². The second-order valence-electron chi connectivity index (χ2n) is 7.94. The van der Waals surface area contributed by atoms with Gasteiger partial charge in [-0.25, -0.2) is 0 Å². The molecule has 2 heteroatoms. The molecular weight excluding hydrogens is 330 g/mol. The van der Waals surface area contributed by atoms with Gasteiger partial charge in [0.25, 0.3) is 0 Å². The molecule has 3 rings (SSSR count). The van der Waals surface area contributed by atoms with Gasteiger partial charge in [0.2, 0.25) is 0 Å². The summed E-state index contributed by atoms with van der Waals surface area (Å²) in [5.74, 6) is 1.64. The van der Waals surface area contributed by atoms with Gasteiger partial charge >= 0.3 is 0 Å². The van der Waals surface area contributed by atoms with E-state index in [1.807, 2.05) is 6.07 Å².